The molecular formula is C34H43N3O6S. The topological polar surface area (TPSA) is 128 Å². The van der Waals surface area contributed by atoms with Crippen LogP contribution in [0, 0.1) is 12.8 Å². The fourth-order valence-corrected chi connectivity index (χ4v) is 6.53. The summed E-state index contributed by atoms with van der Waals surface area (Å²) >= 11 is 1.58. The Morgan fingerprint density at radius 3 is 2.34 bits per heavy atom. The van der Waals surface area contributed by atoms with Gasteiger partial charge in [0.05, 0.1) is 31.6 Å². The van der Waals surface area contributed by atoms with Gasteiger partial charge in [-0.25, -0.2) is 0 Å². The van der Waals surface area contributed by atoms with E-state index < -0.39 is 22.7 Å². The zero-order valence-corrected chi connectivity index (χ0v) is 27.0. The van der Waals surface area contributed by atoms with Crippen LogP contribution in [0.3, 0.4) is 0 Å². The Kier molecular flexibility index (Phi) is 11.8. The summed E-state index contributed by atoms with van der Waals surface area (Å²) in [6.07, 6.45) is 0.437. The van der Waals surface area contributed by atoms with Crippen LogP contribution in [0.25, 0.3) is 0 Å². The third-order valence-corrected chi connectivity index (χ3v) is 9.43. The minimum absolute atomic E-state index is 0. The average molecular weight is 622 g/mol. The van der Waals surface area contributed by atoms with Gasteiger partial charge >= 0.3 is 0 Å². The fourth-order valence-electron chi connectivity index (χ4n) is 5.39. The molecule has 1 aliphatic rings. The van der Waals surface area contributed by atoms with Gasteiger partial charge in [-0.2, -0.15) is 0 Å². The molecule has 3 amide bonds. The Morgan fingerprint density at radius 1 is 1.00 bits per heavy atom. The van der Waals surface area contributed by atoms with E-state index in [-0.39, 0.29) is 23.2 Å². The standard InChI is InChI=1S/C34H41N3O5S.H2O/c1-22-12-10-11-15-25(22)20-35-32(39)30-34(3,4)43-21-37(30)33(40)23(2)28(18-24-13-8-7-9-14-24)36-31(38)27-17-16-26(41-5)19-29(27)42-6;/h7-17,19,23,28,30H,18,20-21H2,1-6H3,(H,35,39)(H,36,38);1H2/t23-,28?,30+;/m0./s1. The zero-order chi connectivity index (χ0) is 31.1. The zero-order valence-electron chi connectivity index (χ0n) is 26.2. The summed E-state index contributed by atoms with van der Waals surface area (Å²) in [6.45, 7) is 8.20. The van der Waals surface area contributed by atoms with Crippen molar-refractivity contribution < 1.29 is 29.3 Å². The number of hydrogen-bond acceptors (Lipinski definition) is 6. The smallest absolute Gasteiger partial charge is 0.255 e. The first kappa shape index (κ1) is 34.5. The molecule has 3 aromatic carbocycles. The number of aryl methyl sites for hydroxylation is 1. The van der Waals surface area contributed by atoms with E-state index in [1.807, 2.05) is 82.3 Å². The van der Waals surface area contributed by atoms with Crippen LogP contribution >= 0.6 is 11.8 Å². The number of carbonyl (C=O) groups excluding carboxylic acids is 3. The van der Waals surface area contributed by atoms with Crippen molar-refractivity contribution in [3.05, 3.63) is 95.1 Å². The lowest BCUT2D eigenvalue weighted by Crippen LogP contribution is -2.56. The number of carbonyl (C=O) groups is 3. The van der Waals surface area contributed by atoms with Gasteiger partial charge in [0.1, 0.15) is 17.5 Å². The second-order valence-electron chi connectivity index (χ2n) is 11.4. The predicted molar refractivity (Wildman–Crippen MR) is 174 cm³/mol. The maximum Gasteiger partial charge on any atom is 0.255 e. The molecule has 3 aromatic rings. The molecule has 1 heterocycles. The van der Waals surface area contributed by atoms with Crippen LogP contribution in [-0.4, -0.2) is 65.0 Å². The lowest BCUT2D eigenvalue weighted by atomic mass is 9.91. The predicted octanol–water partition coefficient (Wildman–Crippen LogP) is 4.16. The number of nitrogens with one attached hydrogen (secondary N) is 2. The minimum atomic E-state index is -0.661. The molecular weight excluding hydrogens is 578 g/mol. The van der Waals surface area contributed by atoms with Gasteiger partial charge in [0, 0.05) is 23.4 Å². The maximum absolute atomic E-state index is 14.2. The highest BCUT2D eigenvalue weighted by Crippen LogP contribution is 2.40. The molecule has 44 heavy (non-hydrogen) atoms. The number of ether oxygens (including phenoxy) is 2. The molecule has 0 bridgehead atoms. The van der Waals surface area contributed by atoms with Gasteiger partial charge in [-0.1, -0.05) is 61.5 Å². The Balaban J connectivity index is 0.00000529. The Morgan fingerprint density at radius 2 is 1.68 bits per heavy atom. The largest absolute Gasteiger partial charge is 0.497 e. The Bertz CT molecular complexity index is 1450. The second kappa shape index (κ2) is 15.1. The summed E-state index contributed by atoms with van der Waals surface area (Å²) in [5.41, 5.74) is 3.45. The average Bonchev–Trinajstić information content (AvgIpc) is 3.34. The fraction of sp³-hybridized carbons (Fsp3) is 0.382. The molecule has 10 heteroatoms. The summed E-state index contributed by atoms with van der Waals surface area (Å²) in [5, 5.41) is 6.17. The maximum atomic E-state index is 14.2. The summed E-state index contributed by atoms with van der Waals surface area (Å²) in [6, 6.07) is 21.4. The first-order chi connectivity index (χ1) is 20.6. The first-order valence-electron chi connectivity index (χ1n) is 14.4. The van der Waals surface area contributed by atoms with Crippen LogP contribution < -0.4 is 20.1 Å². The first-order valence-corrected chi connectivity index (χ1v) is 15.4. The molecule has 1 unspecified atom stereocenters. The van der Waals surface area contributed by atoms with Crippen LogP contribution in [-0.2, 0) is 22.6 Å². The van der Waals surface area contributed by atoms with Gasteiger partial charge in [-0.05, 0) is 56.0 Å². The Labute approximate surface area is 264 Å². The van der Waals surface area contributed by atoms with Crippen LogP contribution in [0.4, 0.5) is 0 Å². The van der Waals surface area contributed by atoms with Crippen molar-refractivity contribution in [1.82, 2.24) is 15.5 Å². The quantitative estimate of drug-likeness (QED) is 0.331. The number of thioether (sulfide) groups is 1. The molecule has 4 rings (SSSR count). The highest BCUT2D eigenvalue weighted by atomic mass is 32.2. The van der Waals surface area contributed by atoms with Crippen LogP contribution in [0.1, 0.15) is 47.8 Å². The van der Waals surface area contributed by atoms with Crippen LogP contribution in [0.5, 0.6) is 11.5 Å². The monoisotopic (exact) mass is 621 g/mol. The number of rotatable bonds is 11. The molecule has 0 saturated carbocycles. The van der Waals surface area contributed by atoms with E-state index in [9.17, 15) is 14.4 Å². The molecule has 4 N–H and O–H groups in total. The van der Waals surface area contributed by atoms with E-state index >= 15 is 0 Å². The van der Waals surface area contributed by atoms with Gasteiger partial charge < -0.3 is 30.5 Å². The van der Waals surface area contributed by atoms with Gasteiger partial charge in [0.25, 0.3) is 5.91 Å². The summed E-state index contributed by atoms with van der Waals surface area (Å²) < 4.78 is 10.3. The lowest BCUT2D eigenvalue weighted by Gasteiger charge is -2.34. The van der Waals surface area contributed by atoms with Crippen molar-refractivity contribution in [1.29, 1.82) is 0 Å². The van der Waals surface area contributed by atoms with Gasteiger partial charge in [0.15, 0.2) is 0 Å². The molecule has 0 spiro atoms. The molecule has 236 valence electrons. The SMILES string of the molecule is COc1ccc(C(=O)NC(Cc2ccccc2)[C@H](C)C(=O)N2CSC(C)(C)[C@H]2C(=O)NCc2ccccc2C)c(OC)c1.O. The summed E-state index contributed by atoms with van der Waals surface area (Å²) in [5.74, 6) is -0.0199. The number of benzene rings is 3. The molecule has 0 aliphatic carbocycles. The summed E-state index contributed by atoms with van der Waals surface area (Å²) in [7, 11) is 3.04. The van der Waals surface area contributed by atoms with Gasteiger partial charge in [0.2, 0.25) is 11.8 Å². The molecule has 9 nitrogen and oxygen atoms in total. The van der Waals surface area contributed by atoms with E-state index in [1.54, 1.807) is 42.0 Å². The van der Waals surface area contributed by atoms with Gasteiger partial charge in [-0.15, -0.1) is 11.8 Å². The second-order valence-corrected chi connectivity index (χ2v) is 13.0. The number of nitrogens with zero attached hydrogens (tertiary/aromatic N) is 1. The number of hydrogen-bond donors (Lipinski definition) is 2. The van der Waals surface area contributed by atoms with Crippen molar-refractivity contribution in [3.8, 4) is 11.5 Å². The van der Waals surface area contributed by atoms with Crippen LogP contribution in [0.15, 0.2) is 72.8 Å². The van der Waals surface area contributed by atoms with E-state index in [4.69, 9.17) is 9.47 Å². The molecule has 1 saturated heterocycles. The number of amides is 3. The molecule has 0 radical (unpaired) electrons. The third-order valence-electron chi connectivity index (χ3n) is 8.05. The normalized spacial score (nSPS) is 16.7. The highest BCUT2D eigenvalue weighted by Gasteiger charge is 2.49. The highest BCUT2D eigenvalue weighted by molar-refractivity contribution is 8.00. The molecule has 1 fully saturated rings. The van der Waals surface area contributed by atoms with Gasteiger partial charge in [-0.3, -0.25) is 14.4 Å². The van der Waals surface area contributed by atoms with E-state index in [0.29, 0.717) is 35.9 Å². The van der Waals surface area contributed by atoms with E-state index in [1.165, 1.54) is 7.11 Å². The molecule has 0 aromatic heterocycles. The molecule has 3 atom stereocenters. The van der Waals surface area contributed by atoms with Crippen molar-refractivity contribution in [2.45, 2.75) is 57.5 Å². The summed E-state index contributed by atoms with van der Waals surface area (Å²) in [4.78, 5) is 43.0. The van der Waals surface area contributed by atoms with E-state index in [2.05, 4.69) is 10.6 Å². The van der Waals surface area contributed by atoms with Crippen molar-refractivity contribution in [2.24, 2.45) is 5.92 Å². The lowest BCUT2D eigenvalue weighted by molar-refractivity contribution is -0.142. The van der Waals surface area contributed by atoms with Crippen molar-refractivity contribution >= 4 is 29.5 Å². The number of methoxy groups -OCH3 is 2. The third kappa shape index (κ3) is 7.92. The van der Waals surface area contributed by atoms with Crippen molar-refractivity contribution in [3.63, 3.8) is 0 Å². The van der Waals surface area contributed by atoms with Crippen molar-refractivity contribution in [2.75, 3.05) is 20.1 Å². The molecule has 1 aliphatic heterocycles. The van der Waals surface area contributed by atoms with E-state index in [0.717, 1.165) is 16.7 Å². The van der Waals surface area contributed by atoms with Crippen LogP contribution in [0.2, 0.25) is 0 Å². The minimum Gasteiger partial charge on any atom is -0.497 e. The Hall–Kier alpha value is -4.02.